The summed E-state index contributed by atoms with van der Waals surface area (Å²) in [5, 5.41) is 12.6. The molecule has 0 N–H and O–H groups in total. The number of rotatable bonds is 6. The minimum Gasteiger partial charge on any atom is -0.484 e. The number of carbonyl (C=O) groups excluding carboxylic acids is 1. The lowest BCUT2D eigenvalue weighted by molar-refractivity contribution is -0.133. The summed E-state index contributed by atoms with van der Waals surface area (Å²) in [6.45, 7) is 7.21. The molecule has 0 saturated carbocycles. The van der Waals surface area contributed by atoms with Crippen LogP contribution in [0, 0.1) is 0 Å². The predicted molar refractivity (Wildman–Crippen MR) is 118 cm³/mol. The number of amides is 1. The molecule has 2 aromatic heterocycles. The van der Waals surface area contributed by atoms with Crippen LogP contribution in [0.4, 0.5) is 5.13 Å². The van der Waals surface area contributed by atoms with Crippen LogP contribution >= 0.6 is 22.7 Å². The summed E-state index contributed by atoms with van der Waals surface area (Å²) in [5.74, 6) is 1.21. The van der Waals surface area contributed by atoms with Crippen LogP contribution in [0.2, 0.25) is 0 Å². The lowest BCUT2D eigenvalue weighted by Gasteiger charge is -2.34. The summed E-state index contributed by atoms with van der Waals surface area (Å²) in [6.07, 6.45) is 0. The van der Waals surface area contributed by atoms with E-state index in [1.165, 1.54) is 5.56 Å². The fourth-order valence-corrected chi connectivity index (χ4v) is 4.88. The minimum atomic E-state index is 0.0242. The molecule has 0 radical (unpaired) electrons. The summed E-state index contributed by atoms with van der Waals surface area (Å²) in [7, 11) is 0. The number of thiophene rings is 1. The molecule has 8 heteroatoms. The van der Waals surface area contributed by atoms with Crippen molar-refractivity contribution < 1.29 is 9.53 Å². The molecule has 0 atom stereocenters. The Hall–Kier alpha value is -2.45. The number of piperazine rings is 1. The monoisotopic (exact) mass is 428 g/mol. The number of nitrogens with zero attached hydrogens (tertiary/aromatic N) is 4. The van der Waals surface area contributed by atoms with Crippen molar-refractivity contribution >= 4 is 33.7 Å². The van der Waals surface area contributed by atoms with Gasteiger partial charge in [0, 0.05) is 26.2 Å². The highest BCUT2D eigenvalue weighted by atomic mass is 32.1. The number of ether oxygens (including phenoxy) is 1. The van der Waals surface area contributed by atoms with Crippen molar-refractivity contribution in [3.05, 3.63) is 47.3 Å². The molecular weight excluding hydrogens is 404 g/mol. The molecule has 1 aliphatic heterocycles. The number of aromatic nitrogens is 2. The SMILES string of the molecule is CC(C)c1cccc(OCC(=O)N2CCN(c3nnc(-c4cccs4)s3)CC2)c1. The van der Waals surface area contributed by atoms with Gasteiger partial charge in [0.15, 0.2) is 11.6 Å². The van der Waals surface area contributed by atoms with Gasteiger partial charge in [-0.25, -0.2) is 0 Å². The lowest BCUT2D eigenvalue weighted by Crippen LogP contribution is -2.50. The molecule has 0 aliphatic carbocycles. The molecule has 1 aliphatic rings. The van der Waals surface area contributed by atoms with Crippen molar-refractivity contribution in [2.45, 2.75) is 19.8 Å². The van der Waals surface area contributed by atoms with E-state index in [-0.39, 0.29) is 12.5 Å². The van der Waals surface area contributed by atoms with E-state index in [9.17, 15) is 4.79 Å². The molecule has 1 fully saturated rings. The molecule has 1 aromatic carbocycles. The average molecular weight is 429 g/mol. The molecule has 0 unspecified atom stereocenters. The van der Waals surface area contributed by atoms with Crippen molar-refractivity contribution in [3.8, 4) is 15.6 Å². The number of hydrogen-bond acceptors (Lipinski definition) is 7. The van der Waals surface area contributed by atoms with Gasteiger partial charge in [0.25, 0.3) is 5.91 Å². The van der Waals surface area contributed by atoms with Crippen molar-refractivity contribution in [2.24, 2.45) is 0 Å². The molecule has 3 aromatic rings. The Bertz CT molecular complexity index is 947. The van der Waals surface area contributed by atoms with Gasteiger partial charge < -0.3 is 14.5 Å². The average Bonchev–Trinajstić information content (AvgIpc) is 3.44. The summed E-state index contributed by atoms with van der Waals surface area (Å²) in [4.78, 5) is 17.8. The number of benzene rings is 1. The van der Waals surface area contributed by atoms with E-state index >= 15 is 0 Å². The van der Waals surface area contributed by atoms with Crippen LogP contribution in [-0.4, -0.2) is 53.8 Å². The van der Waals surface area contributed by atoms with Gasteiger partial charge >= 0.3 is 0 Å². The van der Waals surface area contributed by atoms with E-state index in [0.717, 1.165) is 33.9 Å². The largest absolute Gasteiger partial charge is 0.484 e. The maximum Gasteiger partial charge on any atom is 0.260 e. The standard InChI is InChI=1S/C21H24N4O2S2/c1-15(2)16-5-3-6-17(13-16)27-14-19(26)24-8-10-25(11-9-24)21-23-22-20(29-21)18-7-4-12-28-18/h3-7,12-13,15H,8-11,14H2,1-2H3. The summed E-state index contributed by atoms with van der Waals surface area (Å²) < 4.78 is 5.74. The van der Waals surface area contributed by atoms with Crippen LogP contribution in [0.15, 0.2) is 41.8 Å². The van der Waals surface area contributed by atoms with E-state index < -0.39 is 0 Å². The Kier molecular flexibility index (Phi) is 6.10. The Morgan fingerprint density at radius 2 is 1.97 bits per heavy atom. The Balaban J connectivity index is 1.28. The second kappa shape index (κ2) is 8.92. The summed E-state index contributed by atoms with van der Waals surface area (Å²) >= 11 is 3.27. The molecule has 1 amide bonds. The van der Waals surface area contributed by atoms with Crippen molar-refractivity contribution in [1.29, 1.82) is 0 Å². The Morgan fingerprint density at radius 1 is 1.14 bits per heavy atom. The van der Waals surface area contributed by atoms with Crippen molar-refractivity contribution in [3.63, 3.8) is 0 Å². The van der Waals surface area contributed by atoms with Gasteiger partial charge in [0.1, 0.15) is 5.75 Å². The third kappa shape index (κ3) is 4.76. The topological polar surface area (TPSA) is 58.6 Å². The van der Waals surface area contributed by atoms with E-state index in [2.05, 4.69) is 41.1 Å². The minimum absolute atomic E-state index is 0.0242. The molecule has 1 saturated heterocycles. The van der Waals surface area contributed by atoms with Crippen LogP contribution in [0.3, 0.4) is 0 Å². The summed E-state index contributed by atoms with van der Waals surface area (Å²) in [5.41, 5.74) is 1.21. The molecule has 6 nitrogen and oxygen atoms in total. The highest BCUT2D eigenvalue weighted by Crippen LogP contribution is 2.31. The van der Waals surface area contributed by atoms with E-state index in [4.69, 9.17) is 4.74 Å². The van der Waals surface area contributed by atoms with Crippen LogP contribution in [0.5, 0.6) is 5.75 Å². The fourth-order valence-electron chi connectivity index (χ4n) is 3.19. The van der Waals surface area contributed by atoms with Crippen molar-refractivity contribution in [1.82, 2.24) is 15.1 Å². The third-order valence-electron chi connectivity index (χ3n) is 4.94. The lowest BCUT2D eigenvalue weighted by atomic mass is 10.0. The zero-order valence-electron chi connectivity index (χ0n) is 16.6. The van der Waals surface area contributed by atoms with Gasteiger partial charge in [0.05, 0.1) is 4.88 Å². The van der Waals surface area contributed by atoms with E-state index in [1.807, 2.05) is 34.5 Å². The van der Waals surface area contributed by atoms with Gasteiger partial charge in [-0.3, -0.25) is 4.79 Å². The second-order valence-corrected chi connectivity index (χ2v) is 9.15. The van der Waals surface area contributed by atoms with Crippen LogP contribution in [0.25, 0.3) is 9.88 Å². The first-order valence-corrected chi connectivity index (χ1v) is 11.4. The zero-order valence-corrected chi connectivity index (χ0v) is 18.2. The number of anilines is 1. The normalized spacial score (nSPS) is 14.4. The number of carbonyl (C=O) groups is 1. The van der Waals surface area contributed by atoms with Gasteiger partial charge in [-0.05, 0) is 35.1 Å². The Labute approximate surface area is 178 Å². The maximum atomic E-state index is 12.6. The van der Waals surface area contributed by atoms with Crippen LogP contribution in [-0.2, 0) is 4.79 Å². The second-order valence-electron chi connectivity index (χ2n) is 7.25. The van der Waals surface area contributed by atoms with Gasteiger partial charge in [0.2, 0.25) is 5.13 Å². The zero-order chi connectivity index (χ0) is 20.2. The predicted octanol–water partition coefficient (Wildman–Crippen LogP) is 4.12. The molecule has 0 spiro atoms. The smallest absolute Gasteiger partial charge is 0.260 e. The first kappa shape index (κ1) is 19.8. The van der Waals surface area contributed by atoms with Gasteiger partial charge in [-0.15, -0.1) is 21.5 Å². The van der Waals surface area contributed by atoms with Gasteiger partial charge in [-0.1, -0.05) is 43.4 Å². The maximum absolute atomic E-state index is 12.6. The number of hydrogen-bond donors (Lipinski definition) is 0. The molecule has 3 heterocycles. The quantitative estimate of drug-likeness (QED) is 0.591. The molecule has 152 valence electrons. The van der Waals surface area contributed by atoms with Gasteiger partial charge in [-0.2, -0.15) is 0 Å². The fraction of sp³-hybridized carbons (Fsp3) is 0.381. The van der Waals surface area contributed by atoms with Crippen LogP contribution < -0.4 is 9.64 Å². The molecule has 4 rings (SSSR count). The highest BCUT2D eigenvalue weighted by molar-refractivity contribution is 7.22. The molecule has 0 bridgehead atoms. The first-order chi connectivity index (χ1) is 14.1. The highest BCUT2D eigenvalue weighted by Gasteiger charge is 2.24. The van der Waals surface area contributed by atoms with Crippen LogP contribution in [0.1, 0.15) is 25.3 Å². The summed E-state index contributed by atoms with van der Waals surface area (Å²) in [6, 6.07) is 12.0. The molecular formula is C21H24N4O2S2. The van der Waals surface area contributed by atoms with E-state index in [0.29, 0.717) is 19.0 Å². The first-order valence-electron chi connectivity index (χ1n) is 9.73. The van der Waals surface area contributed by atoms with E-state index in [1.54, 1.807) is 22.7 Å². The Morgan fingerprint density at radius 3 is 2.69 bits per heavy atom. The third-order valence-corrected chi connectivity index (χ3v) is 6.96. The molecule has 29 heavy (non-hydrogen) atoms. The van der Waals surface area contributed by atoms with Crippen molar-refractivity contribution in [2.75, 3.05) is 37.7 Å².